The van der Waals surface area contributed by atoms with Crippen LogP contribution in [0.25, 0.3) is 0 Å². The predicted octanol–water partition coefficient (Wildman–Crippen LogP) is 9.00. The fourth-order valence-corrected chi connectivity index (χ4v) is 3.78. The van der Waals surface area contributed by atoms with E-state index in [2.05, 4.69) is 13.8 Å². The van der Waals surface area contributed by atoms with Crippen LogP contribution in [0.5, 0.6) is 0 Å². The van der Waals surface area contributed by atoms with Crippen molar-refractivity contribution in [3.8, 4) is 0 Å². The molecule has 0 amide bonds. The van der Waals surface area contributed by atoms with Crippen molar-refractivity contribution in [3.63, 3.8) is 0 Å². The number of carbonyl (C=O) groups is 1. The van der Waals surface area contributed by atoms with E-state index in [4.69, 9.17) is 4.74 Å². The van der Waals surface area contributed by atoms with Gasteiger partial charge in [-0.1, -0.05) is 136 Å². The van der Waals surface area contributed by atoms with E-state index >= 15 is 0 Å². The van der Waals surface area contributed by atoms with E-state index in [0.29, 0.717) is 13.0 Å². The molecule has 0 aliphatic rings. The van der Waals surface area contributed by atoms with Crippen LogP contribution >= 0.6 is 0 Å². The minimum Gasteiger partial charge on any atom is -1.00 e. The van der Waals surface area contributed by atoms with Crippen LogP contribution in [0.4, 0.5) is 0 Å². The summed E-state index contributed by atoms with van der Waals surface area (Å²) in [5.74, 6) is 0.0169. The Kier molecular flexibility index (Phi) is 30.6. The maximum Gasteiger partial charge on any atom is 2.00 e. The zero-order valence-corrected chi connectivity index (χ0v) is 21.7. The van der Waals surface area contributed by atoms with Gasteiger partial charge in [-0.3, -0.25) is 4.79 Å². The van der Waals surface area contributed by atoms with Crippen molar-refractivity contribution in [3.05, 3.63) is 0 Å². The van der Waals surface area contributed by atoms with Gasteiger partial charge in [0.2, 0.25) is 0 Å². The van der Waals surface area contributed by atoms with Crippen LogP contribution in [0.2, 0.25) is 0 Å². The molecule has 0 saturated heterocycles. The largest absolute Gasteiger partial charge is 2.00 e. The second-order valence-electron chi connectivity index (χ2n) is 8.69. The van der Waals surface area contributed by atoms with Gasteiger partial charge in [0.05, 0.1) is 6.61 Å². The molecular weight excluding hydrogens is 369 g/mol. The standard InChI is InChI=1S/C26H52O2.Mg.2H/c1-3-5-7-9-11-12-13-14-15-16-17-18-19-20-22-24-26(27)28-25-23-21-10-8-6-4-2;;;/h3-25H2,1-2H3;;;/q;+2;2*-1. The van der Waals surface area contributed by atoms with Gasteiger partial charge in [0.15, 0.2) is 0 Å². The molecule has 0 N–H and O–H groups in total. The summed E-state index contributed by atoms with van der Waals surface area (Å²) in [4.78, 5) is 11.7. The Morgan fingerprint density at radius 3 is 1.21 bits per heavy atom. The zero-order chi connectivity index (χ0) is 20.5. The fourth-order valence-electron chi connectivity index (χ4n) is 3.78. The number of hydrogen-bond donors (Lipinski definition) is 0. The summed E-state index contributed by atoms with van der Waals surface area (Å²) in [6.07, 6.45) is 28.5. The molecule has 3 heteroatoms. The van der Waals surface area contributed by atoms with Gasteiger partial charge in [-0.25, -0.2) is 0 Å². The van der Waals surface area contributed by atoms with Gasteiger partial charge in [0, 0.05) is 6.42 Å². The second-order valence-corrected chi connectivity index (χ2v) is 8.69. The van der Waals surface area contributed by atoms with Crippen molar-refractivity contribution in [2.24, 2.45) is 0 Å². The third kappa shape index (κ3) is 28.2. The van der Waals surface area contributed by atoms with Crippen molar-refractivity contribution < 1.29 is 12.4 Å². The molecule has 0 aromatic rings. The first-order valence-corrected chi connectivity index (χ1v) is 13.0. The molecule has 172 valence electrons. The average Bonchev–Trinajstić information content (AvgIpc) is 2.70. The Hall–Kier alpha value is 0.236. The summed E-state index contributed by atoms with van der Waals surface area (Å²) in [5.41, 5.74) is 0. The van der Waals surface area contributed by atoms with Gasteiger partial charge < -0.3 is 7.59 Å². The minimum absolute atomic E-state index is 0. The quantitative estimate of drug-likeness (QED) is 0.0932. The van der Waals surface area contributed by atoms with Crippen LogP contribution in [-0.4, -0.2) is 35.6 Å². The Bertz CT molecular complexity index is 318. The number of ether oxygens (including phenoxy) is 1. The Balaban J connectivity index is -0.00000121. The van der Waals surface area contributed by atoms with Crippen LogP contribution < -0.4 is 0 Å². The Morgan fingerprint density at radius 1 is 0.517 bits per heavy atom. The first-order chi connectivity index (χ1) is 13.8. The van der Waals surface area contributed by atoms with Crippen LogP contribution in [0.3, 0.4) is 0 Å². The molecule has 0 radical (unpaired) electrons. The topological polar surface area (TPSA) is 26.3 Å². The minimum atomic E-state index is 0. The molecule has 0 bridgehead atoms. The van der Waals surface area contributed by atoms with E-state index in [1.165, 1.54) is 122 Å². The molecule has 0 aliphatic carbocycles. The molecule has 2 nitrogen and oxygen atoms in total. The molecule has 0 aromatic heterocycles. The van der Waals surface area contributed by atoms with Crippen LogP contribution in [0.1, 0.15) is 158 Å². The van der Waals surface area contributed by atoms with E-state index in [0.717, 1.165) is 12.8 Å². The molecular formula is C26H54MgO2. The number of hydrogen-bond acceptors (Lipinski definition) is 2. The molecule has 0 fully saturated rings. The van der Waals surface area contributed by atoms with Crippen molar-refractivity contribution in [1.29, 1.82) is 0 Å². The number of carbonyl (C=O) groups excluding carboxylic acids is 1. The van der Waals surface area contributed by atoms with Crippen LogP contribution in [-0.2, 0) is 9.53 Å². The summed E-state index contributed by atoms with van der Waals surface area (Å²) >= 11 is 0. The van der Waals surface area contributed by atoms with E-state index in [1.807, 2.05) is 0 Å². The molecule has 0 aromatic carbocycles. The maximum atomic E-state index is 11.7. The molecule has 0 rings (SSSR count). The van der Waals surface area contributed by atoms with E-state index < -0.39 is 0 Å². The molecule has 29 heavy (non-hydrogen) atoms. The summed E-state index contributed by atoms with van der Waals surface area (Å²) in [6, 6.07) is 0. The van der Waals surface area contributed by atoms with Gasteiger partial charge in [-0.15, -0.1) is 0 Å². The average molecular weight is 423 g/mol. The smallest absolute Gasteiger partial charge is 1.00 e. The normalized spacial score (nSPS) is 10.7. The third-order valence-corrected chi connectivity index (χ3v) is 5.75. The fraction of sp³-hybridized carbons (Fsp3) is 0.962. The van der Waals surface area contributed by atoms with Crippen molar-refractivity contribution in [1.82, 2.24) is 0 Å². The van der Waals surface area contributed by atoms with Crippen molar-refractivity contribution >= 4 is 29.0 Å². The van der Waals surface area contributed by atoms with E-state index in [9.17, 15) is 4.79 Å². The number of unbranched alkanes of at least 4 members (excludes halogenated alkanes) is 19. The first-order valence-electron chi connectivity index (χ1n) is 13.0. The summed E-state index contributed by atoms with van der Waals surface area (Å²) in [5, 5.41) is 0. The molecule has 0 spiro atoms. The first kappa shape index (κ1) is 31.4. The van der Waals surface area contributed by atoms with Gasteiger partial charge >= 0.3 is 29.0 Å². The molecule has 0 aliphatic heterocycles. The Morgan fingerprint density at radius 2 is 0.828 bits per heavy atom. The predicted molar refractivity (Wildman–Crippen MR) is 132 cm³/mol. The van der Waals surface area contributed by atoms with Crippen LogP contribution in [0, 0.1) is 0 Å². The molecule has 0 heterocycles. The molecule has 0 saturated carbocycles. The number of rotatable bonds is 23. The maximum absolute atomic E-state index is 11.7. The monoisotopic (exact) mass is 422 g/mol. The summed E-state index contributed by atoms with van der Waals surface area (Å²) < 4.78 is 5.33. The van der Waals surface area contributed by atoms with Gasteiger partial charge in [0.25, 0.3) is 0 Å². The van der Waals surface area contributed by atoms with Crippen molar-refractivity contribution in [2.75, 3.05) is 6.61 Å². The molecule has 0 atom stereocenters. The third-order valence-electron chi connectivity index (χ3n) is 5.75. The SMILES string of the molecule is CCCCCCCCCCCCCCCCCC(=O)OCCCCCCCC.[H-].[H-].[Mg+2]. The second kappa shape index (κ2) is 28.2. The zero-order valence-electron chi connectivity index (χ0n) is 22.3. The van der Waals surface area contributed by atoms with Crippen molar-refractivity contribution in [2.45, 2.75) is 155 Å². The summed E-state index contributed by atoms with van der Waals surface area (Å²) in [7, 11) is 0. The van der Waals surface area contributed by atoms with E-state index in [-0.39, 0.29) is 31.9 Å². The summed E-state index contributed by atoms with van der Waals surface area (Å²) in [6.45, 7) is 5.15. The van der Waals surface area contributed by atoms with Gasteiger partial charge in [-0.05, 0) is 12.8 Å². The van der Waals surface area contributed by atoms with Gasteiger partial charge in [0.1, 0.15) is 0 Å². The molecule has 0 unspecified atom stereocenters. The van der Waals surface area contributed by atoms with Gasteiger partial charge in [-0.2, -0.15) is 0 Å². The van der Waals surface area contributed by atoms with E-state index in [1.54, 1.807) is 0 Å². The number of esters is 1. The van der Waals surface area contributed by atoms with Crippen LogP contribution in [0.15, 0.2) is 0 Å². The Labute approximate surface area is 202 Å².